The molecule has 29 heavy (non-hydrogen) atoms. The minimum Gasteiger partial charge on any atom is -0.494 e. The zero-order valence-corrected chi connectivity index (χ0v) is 17.2. The summed E-state index contributed by atoms with van der Waals surface area (Å²) in [5.74, 6) is 0.494. The Morgan fingerprint density at radius 3 is 2.90 bits per heavy atom. The molecule has 0 saturated carbocycles. The van der Waals surface area contributed by atoms with Crippen molar-refractivity contribution in [1.29, 1.82) is 0 Å². The Hall–Kier alpha value is -2.70. The Morgan fingerprint density at radius 2 is 2.17 bits per heavy atom. The van der Waals surface area contributed by atoms with E-state index in [0.717, 1.165) is 37.9 Å². The highest BCUT2D eigenvalue weighted by Gasteiger charge is 2.44. The maximum absolute atomic E-state index is 14.0. The highest BCUT2D eigenvalue weighted by molar-refractivity contribution is 5.79. The molecule has 0 bridgehead atoms. The van der Waals surface area contributed by atoms with E-state index in [-0.39, 0.29) is 23.5 Å². The monoisotopic (exact) mass is 398 g/mol. The number of halogens is 1. The van der Waals surface area contributed by atoms with Crippen molar-refractivity contribution in [1.82, 2.24) is 14.9 Å². The molecule has 2 aliphatic rings. The lowest BCUT2D eigenvalue weighted by Crippen LogP contribution is -2.48. The molecule has 1 aromatic carbocycles. The average molecular weight is 398 g/mol. The standard InChI is InChI=1S/C22H27FN4O2/c1-26(2)21-24-13-16-7-9-22(20(16)25-21)8-4-10-27(14-22)19(28)12-15-5-6-18(29-3)17(23)11-15/h5-6,11,13H,4,7-10,12,14H2,1-3H3. The molecule has 2 heterocycles. The fraction of sp³-hybridized carbons (Fsp3) is 0.500. The molecule has 7 heteroatoms. The molecule has 2 aromatic rings. The van der Waals surface area contributed by atoms with Crippen molar-refractivity contribution >= 4 is 11.9 Å². The fourth-order valence-electron chi connectivity index (χ4n) is 4.60. The lowest BCUT2D eigenvalue weighted by molar-refractivity contribution is -0.132. The molecular formula is C22H27FN4O2. The van der Waals surface area contributed by atoms with E-state index in [9.17, 15) is 9.18 Å². The number of fused-ring (bicyclic) bond motifs is 2. The average Bonchev–Trinajstić information content (AvgIpc) is 3.05. The molecular weight excluding hydrogens is 371 g/mol. The van der Waals surface area contributed by atoms with Crippen molar-refractivity contribution in [3.8, 4) is 5.75 Å². The Bertz CT molecular complexity index is 929. The second kappa shape index (κ2) is 7.61. The second-order valence-corrected chi connectivity index (χ2v) is 8.28. The van der Waals surface area contributed by atoms with Gasteiger partial charge in [0.15, 0.2) is 11.6 Å². The van der Waals surface area contributed by atoms with Crippen molar-refractivity contribution in [2.45, 2.75) is 37.5 Å². The van der Waals surface area contributed by atoms with Crippen molar-refractivity contribution in [2.24, 2.45) is 0 Å². The number of rotatable bonds is 4. The summed E-state index contributed by atoms with van der Waals surface area (Å²) in [5, 5.41) is 0. The number of likely N-dealkylation sites (tertiary alicyclic amines) is 1. The molecule has 154 valence electrons. The van der Waals surface area contributed by atoms with Gasteiger partial charge in [0, 0.05) is 38.8 Å². The van der Waals surface area contributed by atoms with E-state index in [0.29, 0.717) is 18.1 Å². The molecule has 1 aliphatic heterocycles. The van der Waals surface area contributed by atoms with E-state index < -0.39 is 5.82 Å². The van der Waals surface area contributed by atoms with E-state index >= 15 is 0 Å². The van der Waals surface area contributed by atoms with Crippen LogP contribution in [0.15, 0.2) is 24.4 Å². The van der Waals surface area contributed by atoms with Gasteiger partial charge in [0.2, 0.25) is 11.9 Å². The van der Waals surface area contributed by atoms with Crippen LogP contribution in [-0.2, 0) is 23.1 Å². The Balaban J connectivity index is 1.53. The number of amides is 1. The zero-order chi connectivity index (χ0) is 20.6. The number of ether oxygens (including phenoxy) is 1. The topological polar surface area (TPSA) is 58.6 Å². The smallest absolute Gasteiger partial charge is 0.227 e. The summed E-state index contributed by atoms with van der Waals surface area (Å²) in [7, 11) is 5.31. The van der Waals surface area contributed by atoms with Crippen molar-refractivity contribution in [3.05, 3.63) is 47.0 Å². The van der Waals surface area contributed by atoms with Gasteiger partial charge in [-0.1, -0.05) is 6.07 Å². The van der Waals surface area contributed by atoms with Gasteiger partial charge < -0.3 is 14.5 Å². The zero-order valence-electron chi connectivity index (χ0n) is 17.2. The van der Waals surface area contributed by atoms with Gasteiger partial charge in [-0.05, 0) is 48.9 Å². The molecule has 1 spiro atoms. The van der Waals surface area contributed by atoms with Crippen LogP contribution in [0.3, 0.4) is 0 Å². The third-order valence-corrected chi connectivity index (χ3v) is 6.13. The summed E-state index contributed by atoms with van der Waals surface area (Å²) < 4.78 is 18.9. The number of hydrogen-bond acceptors (Lipinski definition) is 5. The van der Waals surface area contributed by atoms with Gasteiger partial charge in [0.1, 0.15) is 0 Å². The molecule has 1 aliphatic carbocycles. The molecule has 1 saturated heterocycles. The molecule has 6 nitrogen and oxygen atoms in total. The number of anilines is 1. The summed E-state index contributed by atoms with van der Waals surface area (Å²) in [6.07, 6.45) is 6.06. The van der Waals surface area contributed by atoms with E-state index in [1.54, 1.807) is 12.1 Å². The number of carbonyl (C=O) groups excluding carboxylic acids is 1. The van der Waals surface area contributed by atoms with E-state index in [1.165, 1.54) is 18.7 Å². The van der Waals surface area contributed by atoms with Gasteiger partial charge in [-0.15, -0.1) is 0 Å². The summed E-state index contributed by atoms with van der Waals surface area (Å²) in [5.41, 5.74) is 2.87. The van der Waals surface area contributed by atoms with Crippen molar-refractivity contribution in [2.75, 3.05) is 39.2 Å². The first-order valence-corrected chi connectivity index (χ1v) is 10.1. The van der Waals surface area contributed by atoms with Crippen LogP contribution in [-0.4, -0.2) is 55.1 Å². The maximum Gasteiger partial charge on any atom is 0.227 e. The van der Waals surface area contributed by atoms with Gasteiger partial charge in [-0.2, -0.15) is 0 Å². The summed E-state index contributed by atoms with van der Waals surface area (Å²) in [6.45, 7) is 1.40. The normalized spacial score (nSPS) is 20.6. The van der Waals surface area contributed by atoms with Crippen LogP contribution in [0.5, 0.6) is 5.75 Å². The van der Waals surface area contributed by atoms with Gasteiger partial charge in [-0.25, -0.2) is 14.4 Å². The van der Waals surface area contributed by atoms with Gasteiger partial charge >= 0.3 is 0 Å². The minimum atomic E-state index is -0.439. The Labute approximate surface area is 170 Å². The van der Waals surface area contributed by atoms with Crippen LogP contribution in [0, 0.1) is 5.82 Å². The van der Waals surface area contributed by atoms with Crippen molar-refractivity contribution < 1.29 is 13.9 Å². The van der Waals surface area contributed by atoms with Gasteiger partial charge in [-0.3, -0.25) is 4.79 Å². The molecule has 0 radical (unpaired) electrons. The molecule has 0 N–H and O–H groups in total. The van der Waals surface area contributed by atoms with E-state index in [1.807, 2.05) is 30.1 Å². The molecule has 1 fully saturated rings. The number of methoxy groups -OCH3 is 1. The number of aryl methyl sites for hydroxylation is 1. The van der Waals surface area contributed by atoms with Crippen LogP contribution in [0.4, 0.5) is 10.3 Å². The van der Waals surface area contributed by atoms with Gasteiger partial charge in [0.05, 0.1) is 19.2 Å². The molecule has 1 aromatic heterocycles. The second-order valence-electron chi connectivity index (χ2n) is 8.28. The predicted molar refractivity (Wildman–Crippen MR) is 109 cm³/mol. The summed E-state index contributed by atoms with van der Waals surface area (Å²) >= 11 is 0. The highest BCUT2D eigenvalue weighted by atomic mass is 19.1. The van der Waals surface area contributed by atoms with Crippen LogP contribution >= 0.6 is 0 Å². The Kier molecular flexibility index (Phi) is 5.15. The Morgan fingerprint density at radius 1 is 1.34 bits per heavy atom. The lowest BCUT2D eigenvalue weighted by atomic mass is 9.77. The van der Waals surface area contributed by atoms with Crippen LogP contribution in [0.2, 0.25) is 0 Å². The van der Waals surface area contributed by atoms with E-state index in [2.05, 4.69) is 4.98 Å². The maximum atomic E-state index is 14.0. The summed E-state index contributed by atoms with van der Waals surface area (Å²) in [4.78, 5) is 26.1. The lowest BCUT2D eigenvalue weighted by Gasteiger charge is -2.40. The van der Waals surface area contributed by atoms with Crippen molar-refractivity contribution in [3.63, 3.8) is 0 Å². The predicted octanol–water partition coefficient (Wildman–Crippen LogP) is 2.74. The quantitative estimate of drug-likeness (QED) is 0.793. The highest BCUT2D eigenvalue weighted by Crippen LogP contribution is 2.44. The SMILES string of the molecule is COc1ccc(CC(=O)N2CCCC3(CCc4cnc(N(C)C)nc43)C2)cc1F. The van der Waals surface area contributed by atoms with Crippen LogP contribution < -0.4 is 9.64 Å². The first-order chi connectivity index (χ1) is 13.9. The first-order valence-electron chi connectivity index (χ1n) is 10.1. The number of nitrogens with zero attached hydrogens (tertiary/aromatic N) is 4. The number of piperidine rings is 1. The molecule has 1 amide bonds. The minimum absolute atomic E-state index is 0.0315. The number of aromatic nitrogens is 2. The first kappa shape index (κ1) is 19.6. The molecule has 1 atom stereocenters. The third-order valence-electron chi connectivity index (χ3n) is 6.13. The molecule has 4 rings (SSSR count). The molecule has 1 unspecified atom stereocenters. The third kappa shape index (κ3) is 3.66. The fourth-order valence-corrected chi connectivity index (χ4v) is 4.60. The number of carbonyl (C=O) groups is 1. The number of benzene rings is 1. The van der Waals surface area contributed by atoms with Gasteiger partial charge in [0.25, 0.3) is 0 Å². The van der Waals surface area contributed by atoms with Crippen LogP contribution in [0.25, 0.3) is 0 Å². The summed E-state index contributed by atoms with van der Waals surface area (Å²) in [6, 6.07) is 4.71. The van der Waals surface area contributed by atoms with E-state index in [4.69, 9.17) is 9.72 Å². The number of hydrogen-bond donors (Lipinski definition) is 0. The van der Waals surface area contributed by atoms with Crippen LogP contribution in [0.1, 0.15) is 36.1 Å². The largest absolute Gasteiger partial charge is 0.494 e.